The molecular formula is C22H25N3O4. The largest absolute Gasteiger partial charge is 0.461 e. The Balaban J connectivity index is 1.72. The molecule has 0 radical (unpaired) electrons. The zero-order chi connectivity index (χ0) is 20.9. The van der Waals surface area contributed by atoms with E-state index in [0.717, 1.165) is 16.6 Å². The van der Waals surface area contributed by atoms with Crippen molar-refractivity contribution < 1.29 is 19.1 Å². The van der Waals surface area contributed by atoms with Crippen LogP contribution in [0.2, 0.25) is 0 Å². The number of nitrogens with zero attached hydrogens (tertiary/aromatic N) is 1. The molecule has 1 aromatic heterocycles. The fraction of sp³-hybridized carbons (Fsp3) is 0.318. The van der Waals surface area contributed by atoms with Crippen molar-refractivity contribution in [2.75, 3.05) is 0 Å². The highest BCUT2D eigenvalue weighted by atomic mass is 16.6. The van der Waals surface area contributed by atoms with E-state index in [1.54, 1.807) is 20.8 Å². The van der Waals surface area contributed by atoms with Crippen LogP contribution in [-0.2, 0) is 20.9 Å². The summed E-state index contributed by atoms with van der Waals surface area (Å²) in [6, 6.07) is 16.2. The standard InChI is InChI=1S/C22H25N3O4/c1-22(2,3)29-21(27)25-18(20-23-16-11-7-8-12-17(16)24-20)13-19(26)28-14-15-9-5-4-6-10-15/h4-12,18H,13-14H2,1-3H3,(H,23,24)(H,25,27)/t18-/m0/s1. The summed E-state index contributed by atoms with van der Waals surface area (Å²) in [5, 5.41) is 2.72. The van der Waals surface area contributed by atoms with Crippen LogP contribution < -0.4 is 5.32 Å². The molecule has 152 valence electrons. The molecule has 0 unspecified atom stereocenters. The Morgan fingerprint density at radius 2 is 1.76 bits per heavy atom. The predicted octanol–water partition coefficient (Wildman–Crippen LogP) is 4.26. The lowest BCUT2D eigenvalue weighted by molar-refractivity contribution is -0.145. The molecule has 3 rings (SSSR count). The van der Waals surface area contributed by atoms with Gasteiger partial charge in [-0.05, 0) is 38.5 Å². The summed E-state index contributed by atoms with van der Waals surface area (Å²) < 4.78 is 10.7. The summed E-state index contributed by atoms with van der Waals surface area (Å²) >= 11 is 0. The smallest absolute Gasteiger partial charge is 0.408 e. The van der Waals surface area contributed by atoms with Crippen LogP contribution in [0.4, 0.5) is 4.79 Å². The van der Waals surface area contributed by atoms with Crippen molar-refractivity contribution >= 4 is 23.1 Å². The SMILES string of the molecule is CC(C)(C)OC(=O)N[C@@H](CC(=O)OCc1ccccc1)c1nc2ccccc2[nH]1. The third kappa shape index (κ3) is 6.07. The maximum atomic E-state index is 12.4. The van der Waals surface area contributed by atoms with Crippen molar-refractivity contribution in [2.24, 2.45) is 0 Å². The molecule has 3 aromatic rings. The second kappa shape index (κ2) is 8.77. The lowest BCUT2D eigenvalue weighted by atomic mass is 10.2. The van der Waals surface area contributed by atoms with Gasteiger partial charge < -0.3 is 19.8 Å². The van der Waals surface area contributed by atoms with Gasteiger partial charge in [0.25, 0.3) is 0 Å². The van der Waals surface area contributed by atoms with E-state index in [1.165, 1.54) is 0 Å². The molecule has 7 nitrogen and oxygen atoms in total. The number of amides is 1. The number of rotatable bonds is 6. The zero-order valence-corrected chi connectivity index (χ0v) is 16.8. The van der Waals surface area contributed by atoms with Crippen LogP contribution in [0.3, 0.4) is 0 Å². The number of aromatic amines is 1. The van der Waals surface area contributed by atoms with E-state index in [0.29, 0.717) is 5.82 Å². The third-order valence-electron chi connectivity index (χ3n) is 4.04. The van der Waals surface area contributed by atoms with E-state index < -0.39 is 23.7 Å². The summed E-state index contributed by atoms with van der Waals surface area (Å²) in [7, 11) is 0. The molecule has 0 saturated heterocycles. The second-order valence-corrected chi connectivity index (χ2v) is 7.69. The van der Waals surface area contributed by atoms with Crippen LogP contribution in [0.1, 0.15) is 44.6 Å². The van der Waals surface area contributed by atoms with Gasteiger partial charge in [0.15, 0.2) is 0 Å². The molecule has 0 spiro atoms. The number of ether oxygens (including phenoxy) is 2. The minimum atomic E-state index is -0.708. The number of carbonyl (C=O) groups excluding carboxylic acids is 2. The summed E-state index contributed by atoms with van der Waals surface area (Å²) in [5.41, 5.74) is 1.80. The van der Waals surface area contributed by atoms with E-state index in [9.17, 15) is 9.59 Å². The van der Waals surface area contributed by atoms with Gasteiger partial charge in [-0.15, -0.1) is 0 Å². The Morgan fingerprint density at radius 3 is 2.45 bits per heavy atom. The second-order valence-electron chi connectivity index (χ2n) is 7.69. The first kappa shape index (κ1) is 20.4. The van der Waals surface area contributed by atoms with Gasteiger partial charge in [-0.1, -0.05) is 42.5 Å². The zero-order valence-electron chi connectivity index (χ0n) is 16.8. The molecule has 2 aromatic carbocycles. The summed E-state index contributed by atoms with van der Waals surface area (Å²) in [6.07, 6.45) is -0.704. The first-order valence-electron chi connectivity index (χ1n) is 9.44. The van der Waals surface area contributed by atoms with Crippen molar-refractivity contribution in [3.05, 3.63) is 66.0 Å². The van der Waals surface area contributed by atoms with Crippen molar-refractivity contribution in [3.8, 4) is 0 Å². The number of para-hydroxylation sites is 2. The number of hydrogen-bond donors (Lipinski definition) is 2. The number of aromatic nitrogens is 2. The fourth-order valence-corrected chi connectivity index (χ4v) is 2.77. The average molecular weight is 395 g/mol. The van der Waals surface area contributed by atoms with Crippen LogP contribution in [0.25, 0.3) is 11.0 Å². The van der Waals surface area contributed by atoms with Crippen LogP contribution >= 0.6 is 0 Å². The molecule has 0 fully saturated rings. The Kier molecular flexibility index (Phi) is 6.16. The number of hydrogen-bond acceptors (Lipinski definition) is 5. The number of alkyl carbamates (subject to hydrolysis) is 1. The molecule has 1 amide bonds. The quantitative estimate of drug-likeness (QED) is 0.608. The topological polar surface area (TPSA) is 93.3 Å². The maximum absolute atomic E-state index is 12.4. The Hall–Kier alpha value is -3.35. The average Bonchev–Trinajstić information content (AvgIpc) is 3.09. The van der Waals surface area contributed by atoms with Gasteiger partial charge in [-0.3, -0.25) is 4.79 Å². The number of nitrogens with one attached hydrogen (secondary N) is 2. The van der Waals surface area contributed by atoms with Crippen molar-refractivity contribution in [1.29, 1.82) is 0 Å². The Morgan fingerprint density at radius 1 is 1.07 bits per heavy atom. The van der Waals surface area contributed by atoms with Gasteiger partial charge in [0.05, 0.1) is 17.5 Å². The van der Waals surface area contributed by atoms with Gasteiger partial charge in [0.1, 0.15) is 24.1 Å². The van der Waals surface area contributed by atoms with Crippen molar-refractivity contribution in [1.82, 2.24) is 15.3 Å². The van der Waals surface area contributed by atoms with Crippen LogP contribution in [0, 0.1) is 0 Å². The summed E-state index contributed by atoms with van der Waals surface area (Å²) in [6.45, 7) is 5.49. The molecule has 1 atom stereocenters. The molecule has 1 heterocycles. The van der Waals surface area contributed by atoms with E-state index >= 15 is 0 Å². The molecule has 0 aliphatic rings. The lowest BCUT2D eigenvalue weighted by Gasteiger charge is -2.22. The Labute approximate surface area is 169 Å². The molecular weight excluding hydrogens is 370 g/mol. The molecule has 0 aliphatic carbocycles. The van der Waals surface area contributed by atoms with E-state index in [1.807, 2.05) is 54.6 Å². The van der Waals surface area contributed by atoms with Gasteiger partial charge in [0.2, 0.25) is 0 Å². The summed E-state index contributed by atoms with van der Waals surface area (Å²) in [5.74, 6) is 0.0177. The van der Waals surface area contributed by atoms with Gasteiger partial charge in [-0.25, -0.2) is 9.78 Å². The van der Waals surface area contributed by atoms with E-state index in [2.05, 4.69) is 15.3 Å². The first-order valence-corrected chi connectivity index (χ1v) is 9.44. The highest BCUT2D eigenvalue weighted by Crippen LogP contribution is 2.20. The molecule has 29 heavy (non-hydrogen) atoms. The van der Waals surface area contributed by atoms with Crippen LogP contribution in [0.5, 0.6) is 0 Å². The van der Waals surface area contributed by atoms with Crippen LogP contribution in [-0.4, -0.2) is 27.6 Å². The highest BCUT2D eigenvalue weighted by molar-refractivity contribution is 5.76. The predicted molar refractivity (Wildman–Crippen MR) is 109 cm³/mol. The molecule has 0 bridgehead atoms. The number of benzene rings is 2. The van der Waals surface area contributed by atoms with Gasteiger partial charge in [0, 0.05) is 0 Å². The number of esters is 1. The van der Waals surface area contributed by atoms with E-state index in [4.69, 9.17) is 9.47 Å². The van der Waals surface area contributed by atoms with Crippen molar-refractivity contribution in [3.63, 3.8) is 0 Å². The third-order valence-corrected chi connectivity index (χ3v) is 4.04. The minimum Gasteiger partial charge on any atom is -0.461 e. The van der Waals surface area contributed by atoms with Crippen LogP contribution in [0.15, 0.2) is 54.6 Å². The van der Waals surface area contributed by atoms with E-state index in [-0.39, 0.29) is 13.0 Å². The number of imidazole rings is 1. The molecule has 0 saturated carbocycles. The number of carbonyl (C=O) groups is 2. The number of fused-ring (bicyclic) bond motifs is 1. The summed E-state index contributed by atoms with van der Waals surface area (Å²) in [4.78, 5) is 32.4. The molecule has 2 N–H and O–H groups in total. The van der Waals surface area contributed by atoms with Crippen molar-refractivity contribution in [2.45, 2.75) is 45.4 Å². The van der Waals surface area contributed by atoms with Gasteiger partial charge in [-0.2, -0.15) is 0 Å². The molecule has 0 aliphatic heterocycles. The maximum Gasteiger partial charge on any atom is 0.408 e. The lowest BCUT2D eigenvalue weighted by Crippen LogP contribution is -2.36. The Bertz CT molecular complexity index is 943. The first-order chi connectivity index (χ1) is 13.8. The number of H-pyrrole nitrogens is 1. The monoisotopic (exact) mass is 395 g/mol. The minimum absolute atomic E-state index is 0.0775. The fourth-order valence-electron chi connectivity index (χ4n) is 2.77. The highest BCUT2D eigenvalue weighted by Gasteiger charge is 2.25. The van der Waals surface area contributed by atoms with Gasteiger partial charge >= 0.3 is 12.1 Å². The molecule has 7 heteroatoms. The normalized spacial score (nSPS) is 12.4.